The maximum absolute atomic E-state index is 13.1. The second kappa shape index (κ2) is 8.85. The van der Waals surface area contributed by atoms with Gasteiger partial charge in [0.15, 0.2) is 0 Å². The number of fused-ring (bicyclic) bond motifs is 1. The number of hydrogen-bond donors (Lipinski definition) is 1. The van der Waals surface area contributed by atoms with Gasteiger partial charge in [-0.1, -0.05) is 48.5 Å². The topological polar surface area (TPSA) is 70.1 Å². The molecule has 1 amide bonds. The second-order valence-electron chi connectivity index (χ2n) is 8.13. The van der Waals surface area contributed by atoms with Gasteiger partial charge in [-0.2, -0.15) is 0 Å². The molecule has 1 saturated heterocycles. The van der Waals surface area contributed by atoms with Crippen molar-refractivity contribution in [1.82, 2.24) is 9.80 Å². The second-order valence-corrected chi connectivity index (χ2v) is 8.13. The fraction of sp³-hybridized carbons (Fsp3) is 0.231. The van der Waals surface area contributed by atoms with Gasteiger partial charge in [0.1, 0.15) is 11.5 Å². The molecule has 3 aromatic rings. The SMILES string of the molecule is COc1cccc(C2/C(=C(/O)c3ccc4ccccc4c3)C(=O)C(=O)N2CCN(C)C)c1. The Hall–Kier alpha value is -3.64. The molecule has 6 heteroatoms. The minimum absolute atomic E-state index is 0.0947. The highest BCUT2D eigenvalue weighted by molar-refractivity contribution is 6.46. The lowest BCUT2D eigenvalue weighted by molar-refractivity contribution is -0.140. The maximum Gasteiger partial charge on any atom is 0.295 e. The molecule has 0 spiro atoms. The van der Waals surface area contributed by atoms with Gasteiger partial charge in [-0.3, -0.25) is 9.59 Å². The molecule has 0 aliphatic carbocycles. The van der Waals surface area contributed by atoms with Crippen molar-refractivity contribution in [3.8, 4) is 5.75 Å². The lowest BCUT2D eigenvalue weighted by Gasteiger charge is -2.26. The van der Waals surface area contributed by atoms with Crippen LogP contribution in [0.15, 0.2) is 72.3 Å². The number of aliphatic hydroxyl groups excluding tert-OH is 1. The summed E-state index contributed by atoms with van der Waals surface area (Å²) < 4.78 is 5.35. The normalized spacial score (nSPS) is 18.0. The number of methoxy groups -OCH3 is 1. The van der Waals surface area contributed by atoms with E-state index in [0.29, 0.717) is 30.0 Å². The first kappa shape index (κ1) is 21.6. The number of carbonyl (C=O) groups is 2. The largest absolute Gasteiger partial charge is 0.507 e. The fourth-order valence-corrected chi connectivity index (χ4v) is 4.07. The Labute approximate surface area is 187 Å². The van der Waals surface area contributed by atoms with Crippen molar-refractivity contribution < 1.29 is 19.4 Å². The Morgan fingerprint density at radius 2 is 1.75 bits per heavy atom. The molecule has 0 aromatic heterocycles. The van der Waals surface area contributed by atoms with Gasteiger partial charge in [0, 0.05) is 18.7 Å². The standard InChI is InChI=1S/C26H26N2O4/c1-27(2)13-14-28-23(19-9-6-10-21(16-19)32-3)22(25(30)26(28)31)24(29)20-12-11-17-7-4-5-8-18(17)15-20/h4-12,15-16,23,29H,13-14H2,1-3H3/b24-22-. The Morgan fingerprint density at radius 1 is 1.00 bits per heavy atom. The molecular weight excluding hydrogens is 404 g/mol. The van der Waals surface area contributed by atoms with Crippen molar-refractivity contribution in [3.63, 3.8) is 0 Å². The first-order chi connectivity index (χ1) is 15.4. The number of nitrogens with zero attached hydrogens (tertiary/aromatic N) is 2. The summed E-state index contributed by atoms with van der Waals surface area (Å²) in [6, 6.07) is 19.9. The average molecular weight is 431 g/mol. The lowest BCUT2D eigenvalue weighted by atomic mass is 9.94. The van der Waals surface area contributed by atoms with Gasteiger partial charge in [-0.05, 0) is 48.6 Å². The predicted molar refractivity (Wildman–Crippen MR) is 125 cm³/mol. The maximum atomic E-state index is 13.1. The van der Waals surface area contributed by atoms with Crippen molar-refractivity contribution in [2.75, 3.05) is 34.3 Å². The summed E-state index contributed by atoms with van der Waals surface area (Å²) in [6.07, 6.45) is 0. The number of amides is 1. The zero-order valence-corrected chi connectivity index (χ0v) is 18.4. The molecule has 0 radical (unpaired) electrons. The molecule has 1 atom stereocenters. The number of rotatable bonds is 6. The smallest absolute Gasteiger partial charge is 0.295 e. The number of aliphatic hydroxyl groups is 1. The van der Waals surface area contributed by atoms with E-state index < -0.39 is 17.7 Å². The van der Waals surface area contributed by atoms with Crippen molar-refractivity contribution in [3.05, 3.63) is 83.4 Å². The van der Waals surface area contributed by atoms with E-state index in [9.17, 15) is 14.7 Å². The third-order valence-corrected chi connectivity index (χ3v) is 5.76. The Morgan fingerprint density at radius 3 is 2.47 bits per heavy atom. The molecule has 1 fully saturated rings. The van der Waals surface area contributed by atoms with Gasteiger partial charge in [0.05, 0.1) is 18.7 Å². The molecule has 4 rings (SSSR count). The zero-order valence-electron chi connectivity index (χ0n) is 18.4. The predicted octanol–water partition coefficient (Wildman–Crippen LogP) is 3.83. The molecule has 1 N–H and O–H groups in total. The number of benzene rings is 3. The quantitative estimate of drug-likeness (QED) is 0.366. The van der Waals surface area contributed by atoms with Crippen molar-refractivity contribution in [2.45, 2.75) is 6.04 Å². The Kier molecular flexibility index (Phi) is 5.97. The summed E-state index contributed by atoms with van der Waals surface area (Å²) in [4.78, 5) is 29.6. The van der Waals surface area contributed by atoms with Crippen molar-refractivity contribution >= 4 is 28.2 Å². The minimum Gasteiger partial charge on any atom is -0.507 e. The summed E-state index contributed by atoms with van der Waals surface area (Å²) >= 11 is 0. The first-order valence-electron chi connectivity index (χ1n) is 10.5. The highest BCUT2D eigenvalue weighted by Gasteiger charge is 2.46. The van der Waals surface area contributed by atoms with E-state index in [2.05, 4.69) is 0 Å². The van der Waals surface area contributed by atoms with Gasteiger partial charge in [0.25, 0.3) is 11.7 Å². The molecule has 1 aliphatic rings. The van der Waals surface area contributed by atoms with Crippen LogP contribution in [0.3, 0.4) is 0 Å². The zero-order chi connectivity index (χ0) is 22.8. The molecule has 3 aromatic carbocycles. The van der Waals surface area contributed by atoms with Crippen LogP contribution in [0, 0.1) is 0 Å². The number of carbonyl (C=O) groups excluding carboxylic acids is 2. The van der Waals surface area contributed by atoms with Crippen LogP contribution in [0.2, 0.25) is 0 Å². The van der Waals surface area contributed by atoms with Gasteiger partial charge >= 0.3 is 0 Å². The monoisotopic (exact) mass is 430 g/mol. The highest BCUT2D eigenvalue weighted by Crippen LogP contribution is 2.40. The van der Waals surface area contributed by atoms with Crippen LogP contribution >= 0.6 is 0 Å². The van der Waals surface area contributed by atoms with Crippen LogP contribution < -0.4 is 4.74 Å². The third kappa shape index (κ3) is 3.97. The number of ketones is 1. The van der Waals surface area contributed by atoms with E-state index in [0.717, 1.165) is 10.8 Å². The first-order valence-corrected chi connectivity index (χ1v) is 10.5. The van der Waals surface area contributed by atoms with Crippen LogP contribution in [-0.4, -0.2) is 60.9 Å². The van der Waals surface area contributed by atoms with E-state index in [1.54, 1.807) is 25.3 Å². The van der Waals surface area contributed by atoms with Crippen molar-refractivity contribution in [1.29, 1.82) is 0 Å². The van der Waals surface area contributed by atoms with Gasteiger partial charge in [0.2, 0.25) is 0 Å². The number of likely N-dealkylation sites (tertiary alicyclic amines) is 1. The Balaban J connectivity index is 1.87. The molecular formula is C26H26N2O4. The van der Waals surface area contributed by atoms with Gasteiger partial charge in [-0.15, -0.1) is 0 Å². The lowest BCUT2D eigenvalue weighted by Crippen LogP contribution is -2.35. The summed E-state index contributed by atoms with van der Waals surface area (Å²) in [6.45, 7) is 0.942. The highest BCUT2D eigenvalue weighted by atomic mass is 16.5. The molecule has 1 heterocycles. The van der Waals surface area contributed by atoms with Crippen LogP contribution in [0.25, 0.3) is 16.5 Å². The Bertz CT molecular complexity index is 1220. The fourth-order valence-electron chi connectivity index (χ4n) is 4.07. The molecule has 32 heavy (non-hydrogen) atoms. The molecule has 0 bridgehead atoms. The molecule has 6 nitrogen and oxygen atoms in total. The van der Waals surface area contributed by atoms with Gasteiger partial charge < -0.3 is 19.6 Å². The molecule has 1 aliphatic heterocycles. The van der Waals surface area contributed by atoms with E-state index in [-0.39, 0.29) is 11.3 Å². The summed E-state index contributed by atoms with van der Waals surface area (Å²) in [5.41, 5.74) is 1.31. The minimum atomic E-state index is -0.698. The van der Waals surface area contributed by atoms with E-state index in [1.165, 1.54) is 4.90 Å². The average Bonchev–Trinajstić information content (AvgIpc) is 3.06. The summed E-state index contributed by atoms with van der Waals surface area (Å²) in [5, 5.41) is 13.2. The number of likely N-dealkylation sites (N-methyl/N-ethyl adjacent to an activating group) is 1. The number of ether oxygens (including phenoxy) is 1. The molecule has 0 saturated carbocycles. The van der Waals surface area contributed by atoms with Gasteiger partial charge in [-0.25, -0.2) is 0 Å². The van der Waals surface area contributed by atoms with E-state index >= 15 is 0 Å². The number of hydrogen-bond acceptors (Lipinski definition) is 5. The summed E-state index contributed by atoms with van der Waals surface area (Å²) in [5.74, 6) is -0.843. The van der Waals surface area contributed by atoms with Crippen LogP contribution in [-0.2, 0) is 9.59 Å². The van der Waals surface area contributed by atoms with Crippen LogP contribution in [0.1, 0.15) is 17.2 Å². The molecule has 1 unspecified atom stereocenters. The van der Waals surface area contributed by atoms with Crippen LogP contribution in [0.5, 0.6) is 5.75 Å². The van der Waals surface area contributed by atoms with E-state index in [1.807, 2.05) is 67.5 Å². The molecule has 164 valence electrons. The summed E-state index contributed by atoms with van der Waals surface area (Å²) in [7, 11) is 5.38. The van der Waals surface area contributed by atoms with Crippen molar-refractivity contribution in [2.24, 2.45) is 0 Å². The van der Waals surface area contributed by atoms with E-state index in [4.69, 9.17) is 4.74 Å². The third-order valence-electron chi connectivity index (χ3n) is 5.76. The number of Topliss-reactive ketones (excluding diaryl/α,β-unsaturated/α-hetero) is 1. The van der Waals surface area contributed by atoms with Crippen LogP contribution in [0.4, 0.5) is 0 Å².